The second-order valence-electron chi connectivity index (χ2n) is 6.22. The van der Waals surface area contributed by atoms with Crippen LogP contribution in [0.2, 0.25) is 0 Å². The quantitative estimate of drug-likeness (QED) is 0.818. The Bertz CT molecular complexity index is 670. The molecule has 2 aromatic rings. The molecule has 1 aromatic carbocycles. The van der Waals surface area contributed by atoms with Gasteiger partial charge in [-0.25, -0.2) is 0 Å². The highest BCUT2D eigenvalue weighted by atomic mass is 16.7. The molecule has 1 aromatic heterocycles. The number of nitrogens with zero attached hydrogens (tertiary/aromatic N) is 3. The van der Waals surface area contributed by atoms with E-state index in [-0.39, 0.29) is 6.79 Å². The van der Waals surface area contributed by atoms with Gasteiger partial charge in [-0.2, -0.15) is 5.10 Å². The molecule has 2 aliphatic heterocycles. The Labute approximate surface area is 140 Å². The maximum atomic E-state index is 10.1. The largest absolute Gasteiger partial charge is 0.454 e. The summed E-state index contributed by atoms with van der Waals surface area (Å²) in [6.07, 6.45) is 3.28. The van der Waals surface area contributed by atoms with Gasteiger partial charge in [0.05, 0.1) is 25.4 Å². The normalized spacial score (nSPS) is 18.5. The van der Waals surface area contributed by atoms with E-state index >= 15 is 0 Å². The van der Waals surface area contributed by atoms with E-state index in [2.05, 4.69) is 10.00 Å². The number of likely N-dealkylation sites (tertiary alicyclic amines) is 1. The molecule has 1 fully saturated rings. The van der Waals surface area contributed by atoms with Crippen molar-refractivity contribution in [2.45, 2.75) is 18.8 Å². The molecule has 0 aliphatic carbocycles. The summed E-state index contributed by atoms with van der Waals surface area (Å²) in [6, 6.07) is 8.10. The molecule has 128 valence electrons. The second kappa shape index (κ2) is 6.80. The predicted octanol–water partition coefficient (Wildman–Crippen LogP) is 1.05. The molecule has 0 radical (unpaired) electrons. The summed E-state index contributed by atoms with van der Waals surface area (Å²) in [7, 11) is 0. The minimum atomic E-state index is -0.488. The van der Waals surface area contributed by atoms with Crippen molar-refractivity contribution in [2.24, 2.45) is 0 Å². The lowest BCUT2D eigenvalue weighted by Crippen LogP contribution is -2.51. The summed E-state index contributed by atoms with van der Waals surface area (Å²) >= 11 is 0. The van der Waals surface area contributed by atoms with E-state index in [1.165, 1.54) is 0 Å². The van der Waals surface area contributed by atoms with Gasteiger partial charge < -0.3 is 19.3 Å². The third-order valence-electron chi connectivity index (χ3n) is 4.32. The fourth-order valence-corrected chi connectivity index (χ4v) is 3.05. The lowest BCUT2D eigenvalue weighted by Gasteiger charge is -2.40. The van der Waals surface area contributed by atoms with Crippen molar-refractivity contribution in [1.82, 2.24) is 14.7 Å². The van der Waals surface area contributed by atoms with Gasteiger partial charge in [-0.1, -0.05) is 6.07 Å². The van der Waals surface area contributed by atoms with E-state index in [1.807, 2.05) is 35.1 Å². The summed E-state index contributed by atoms with van der Waals surface area (Å²) in [5, 5.41) is 14.3. The van der Waals surface area contributed by atoms with Crippen LogP contribution in [-0.4, -0.2) is 58.9 Å². The Morgan fingerprint density at radius 1 is 1.29 bits per heavy atom. The van der Waals surface area contributed by atoms with Crippen molar-refractivity contribution >= 4 is 0 Å². The first-order valence-corrected chi connectivity index (χ1v) is 8.14. The average molecular weight is 331 g/mol. The molecule has 24 heavy (non-hydrogen) atoms. The van der Waals surface area contributed by atoms with Crippen LogP contribution in [0.4, 0.5) is 0 Å². The first-order valence-electron chi connectivity index (χ1n) is 8.14. The zero-order valence-corrected chi connectivity index (χ0v) is 13.4. The molecule has 2 aliphatic rings. The van der Waals surface area contributed by atoms with Gasteiger partial charge >= 0.3 is 0 Å². The SMILES string of the molecule is O[C@@H](COCc1ccc2c(c1)OCO2)CN1CC(n2cccn2)C1. The Kier molecular flexibility index (Phi) is 4.38. The number of aromatic nitrogens is 2. The second-order valence-corrected chi connectivity index (χ2v) is 6.22. The Hall–Kier alpha value is -2.09. The number of aliphatic hydroxyl groups is 1. The molecular weight excluding hydrogens is 310 g/mol. The van der Waals surface area contributed by atoms with Crippen LogP contribution in [-0.2, 0) is 11.3 Å². The van der Waals surface area contributed by atoms with Crippen molar-refractivity contribution in [3.05, 3.63) is 42.2 Å². The summed E-state index contributed by atoms with van der Waals surface area (Å²) in [4.78, 5) is 2.21. The highest BCUT2D eigenvalue weighted by Crippen LogP contribution is 2.32. The van der Waals surface area contributed by atoms with Crippen LogP contribution in [0.15, 0.2) is 36.7 Å². The van der Waals surface area contributed by atoms with E-state index in [9.17, 15) is 5.11 Å². The highest BCUT2D eigenvalue weighted by molar-refractivity contribution is 5.44. The maximum absolute atomic E-state index is 10.1. The van der Waals surface area contributed by atoms with Gasteiger partial charge in [0, 0.05) is 32.0 Å². The van der Waals surface area contributed by atoms with Crippen LogP contribution >= 0.6 is 0 Å². The van der Waals surface area contributed by atoms with Crippen molar-refractivity contribution in [3.8, 4) is 11.5 Å². The zero-order chi connectivity index (χ0) is 16.4. The Morgan fingerprint density at radius 3 is 3.00 bits per heavy atom. The van der Waals surface area contributed by atoms with E-state index in [0.29, 0.717) is 25.8 Å². The monoisotopic (exact) mass is 331 g/mol. The molecule has 0 unspecified atom stereocenters. The summed E-state index contributed by atoms with van der Waals surface area (Å²) in [6.45, 7) is 3.50. The van der Waals surface area contributed by atoms with Gasteiger partial charge in [0.1, 0.15) is 0 Å². The first-order chi connectivity index (χ1) is 11.8. The van der Waals surface area contributed by atoms with Crippen LogP contribution in [0.1, 0.15) is 11.6 Å². The molecule has 4 rings (SSSR count). The van der Waals surface area contributed by atoms with Crippen LogP contribution in [0.3, 0.4) is 0 Å². The lowest BCUT2D eigenvalue weighted by atomic mass is 10.1. The van der Waals surface area contributed by atoms with Gasteiger partial charge in [-0.3, -0.25) is 9.58 Å². The molecule has 0 amide bonds. The molecular formula is C17H21N3O4. The molecule has 0 saturated carbocycles. The van der Waals surface area contributed by atoms with Crippen LogP contribution < -0.4 is 9.47 Å². The maximum Gasteiger partial charge on any atom is 0.231 e. The van der Waals surface area contributed by atoms with Gasteiger partial charge in [0.25, 0.3) is 0 Å². The number of fused-ring (bicyclic) bond motifs is 1. The fraction of sp³-hybridized carbons (Fsp3) is 0.471. The van der Waals surface area contributed by atoms with Gasteiger partial charge in [0.2, 0.25) is 6.79 Å². The predicted molar refractivity (Wildman–Crippen MR) is 85.9 cm³/mol. The summed E-state index contributed by atoms with van der Waals surface area (Å²) in [5.41, 5.74) is 1.01. The highest BCUT2D eigenvalue weighted by Gasteiger charge is 2.29. The molecule has 3 heterocycles. The smallest absolute Gasteiger partial charge is 0.231 e. The molecule has 1 saturated heterocycles. The molecule has 0 spiro atoms. The third-order valence-corrected chi connectivity index (χ3v) is 4.32. The van der Waals surface area contributed by atoms with Crippen LogP contribution in [0.25, 0.3) is 0 Å². The number of rotatable bonds is 7. The van der Waals surface area contributed by atoms with E-state index in [1.54, 1.807) is 6.20 Å². The number of β-amino-alcohol motifs (C(OH)–C–C–N with tert-alkyl or cyclic N) is 1. The Balaban J connectivity index is 1.16. The first kappa shape index (κ1) is 15.4. The van der Waals surface area contributed by atoms with Crippen LogP contribution in [0.5, 0.6) is 11.5 Å². The fourth-order valence-electron chi connectivity index (χ4n) is 3.05. The van der Waals surface area contributed by atoms with E-state index in [0.717, 1.165) is 30.2 Å². The minimum Gasteiger partial charge on any atom is -0.454 e. The Morgan fingerprint density at radius 2 is 2.17 bits per heavy atom. The van der Waals surface area contributed by atoms with Gasteiger partial charge in [0.15, 0.2) is 11.5 Å². The zero-order valence-electron chi connectivity index (χ0n) is 13.4. The topological polar surface area (TPSA) is 69.0 Å². The van der Waals surface area contributed by atoms with Crippen molar-refractivity contribution in [1.29, 1.82) is 0 Å². The van der Waals surface area contributed by atoms with Crippen molar-refractivity contribution in [3.63, 3.8) is 0 Å². The lowest BCUT2D eigenvalue weighted by molar-refractivity contribution is -0.0134. The number of hydrogen-bond donors (Lipinski definition) is 1. The molecule has 1 N–H and O–H groups in total. The minimum absolute atomic E-state index is 0.272. The number of benzene rings is 1. The van der Waals surface area contributed by atoms with E-state index < -0.39 is 6.10 Å². The average Bonchev–Trinajstić information content (AvgIpc) is 3.21. The number of hydrogen-bond acceptors (Lipinski definition) is 6. The van der Waals surface area contributed by atoms with Gasteiger partial charge in [-0.05, 0) is 23.8 Å². The number of aliphatic hydroxyl groups excluding tert-OH is 1. The standard InChI is InChI=1S/C17H21N3O4/c21-15(9-19-7-14(8-19)20-5-1-4-18-20)11-22-10-13-2-3-16-17(6-13)24-12-23-16/h1-6,14-15,21H,7-12H2/t15-/m1/s1. The van der Waals surface area contributed by atoms with E-state index in [4.69, 9.17) is 14.2 Å². The van der Waals surface area contributed by atoms with Crippen LogP contribution in [0, 0.1) is 0 Å². The molecule has 1 atom stereocenters. The number of ether oxygens (including phenoxy) is 3. The summed E-state index contributed by atoms with van der Waals surface area (Å²) in [5.74, 6) is 1.52. The van der Waals surface area contributed by atoms with Crippen molar-refractivity contribution < 1.29 is 19.3 Å². The summed E-state index contributed by atoms with van der Waals surface area (Å²) < 4.78 is 18.2. The molecule has 7 heteroatoms. The third kappa shape index (κ3) is 3.38. The molecule has 0 bridgehead atoms. The van der Waals surface area contributed by atoms with Crippen molar-refractivity contribution in [2.75, 3.05) is 33.0 Å². The molecule has 7 nitrogen and oxygen atoms in total. The van der Waals surface area contributed by atoms with Gasteiger partial charge in [-0.15, -0.1) is 0 Å².